The van der Waals surface area contributed by atoms with Crippen LogP contribution < -0.4 is 5.56 Å². The summed E-state index contributed by atoms with van der Waals surface area (Å²) in [7, 11) is 1.64. The lowest BCUT2D eigenvalue weighted by Crippen LogP contribution is -2.25. The van der Waals surface area contributed by atoms with Crippen LogP contribution in [0.2, 0.25) is 0 Å². The molecule has 3 heteroatoms. The number of hydrogen-bond acceptors (Lipinski definition) is 2. The van der Waals surface area contributed by atoms with Gasteiger partial charge in [0, 0.05) is 19.4 Å². The summed E-state index contributed by atoms with van der Waals surface area (Å²) in [6.07, 6.45) is 1.91. The third kappa shape index (κ3) is 2.70. The maximum absolute atomic E-state index is 11.3. The molecule has 3 nitrogen and oxygen atoms in total. The number of rotatable bonds is 3. The van der Waals surface area contributed by atoms with E-state index in [-0.39, 0.29) is 11.7 Å². The SMILES string of the molecule is COC(C)Cn1cc(C)ccc1=O. The highest BCUT2D eigenvalue weighted by molar-refractivity contribution is 5.07. The van der Waals surface area contributed by atoms with E-state index in [9.17, 15) is 4.79 Å². The number of ether oxygens (including phenoxy) is 1. The van der Waals surface area contributed by atoms with Crippen LogP contribution in [-0.2, 0) is 11.3 Å². The molecule has 1 unspecified atom stereocenters. The molecule has 72 valence electrons. The van der Waals surface area contributed by atoms with Gasteiger partial charge in [0.2, 0.25) is 0 Å². The predicted molar refractivity (Wildman–Crippen MR) is 51.9 cm³/mol. The number of aromatic nitrogens is 1. The molecule has 0 spiro atoms. The summed E-state index contributed by atoms with van der Waals surface area (Å²) in [5.74, 6) is 0. The highest BCUT2D eigenvalue weighted by atomic mass is 16.5. The number of pyridine rings is 1. The van der Waals surface area contributed by atoms with Crippen molar-refractivity contribution < 1.29 is 4.74 Å². The van der Waals surface area contributed by atoms with Crippen LogP contribution in [0, 0.1) is 6.92 Å². The maximum Gasteiger partial charge on any atom is 0.250 e. The monoisotopic (exact) mass is 181 g/mol. The van der Waals surface area contributed by atoms with Gasteiger partial charge in [0.25, 0.3) is 5.56 Å². The summed E-state index contributed by atoms with van der Waals surface area (Å²) in [6.45, 7) is 4.51. The Bertz CT molecular complexity index is 330. The fourth-order valence-electron chi connectivity index (χ4n) is 1.15. The standard InChI is InChI=1S/C10H15NO2/c1-8-4-5-10(12)11(6-8)7-9(2)13-3/h4-6,9H,7H2,1-3H3. The molecule has 0 N–H and O–H groups in total. The molecule has 0 saturated heterocycles. The Kier molecular flexibility index (Phi) is 3.25. The zero-order valence-electron chi connectivity index (χ0n) is 8.28. The summed E-state index contributed by atoms with van der Waals surface area (Å²) in [6, 6.07) is 3.40. The van der Waals surface area contributed by atoms with Gasteiger partial charge in [-0.05, 0) is 19.4 Å². The molecule has 0 aliphatic carbocycles. The second-order valence-electron chi connectivity index (χ2n) is 3.24. The van der Waals surface area contributed by atoms with Crippen LogP contribution in [0.4, 0.5) is 0 Å². The highest BCUT2D eigenvalue weighted by Crippen LogP contribution is 1.96. The van der Waals surface area contributed by atoms with Gasteiger partial charge in [-0.2, -0.15) is 0 Å². The van der Waals surface area contributed by atoms with Crippen molar-refractivity contribution in [3.05, 3.63) is 34.2 Å². The molecule has 0 radical (unpaired) electrons. The largest absolute Gasteiger partial charge is 0.380 e. The maximum atomic E-state index is 11.3. The van der Waals surface area contributed by atoms with Crippen LogP contribution in [0.1, 0.15) is 12.5 Å². The molecule has 1 rings (SSSR count). The van der Waals surface area contributed by atoms with Gasteiger partial charge < -0.3 is 9.30 Å². The van der Waals surface area contributed by atoms with Crippen molar-refractivity contribution in [2.45, 2.75) is 26.5 Å². The van der Waals surface area contributed by atoms with Crippen molar-refractivity contribution in [1.29, 1.82) is 0 Å². The summed E-state index contributed by atoms with van der Waals surface area (Å²) < 4.78 is 6.76. The van der Waals surface area contributed by atoms with Crippen molar-refractivity contribution in [3.63, 3.8) is 0 Å². The number of hydrogen-bond donors (Lipinski definition) is 0. The van der Waals surface area contributed by atoms with E-state index in [1.807, 2.05) is 26.1 Å². The molecule has 0 aromatic carbocycles. The van der Waals surface area contributed by atoms with Crippen LogP contribution in [-0.4, -0.2) is 17.8 Å². The summed E-state index contributed by atoms with van der Waals surface area (Å²) in [5, 5.41) is 0. The molecule has 1 heterocycles. The van der Waals surface area contributed by atoms with Crippen LogP contribution in [0.5, 0.6) is 0 Å². The Morgan fingerprint density at radius 3 is 2.85 bits per heavy atom. The minimum Gasteiger partial charge on any atom is -0.380 e. The van der Waals surface area contributed by atoms with E-state index in [4.69, 9.17) is 4.74 Å². The molecule has 0 saturated carbocycles. The number of methoxy groups -OCH3 is 1. The quantitative estimate of drug-likeness (QED) is 0.701. The minimum absolute atomic E-state index is 0.0227. The van der Waals surface area contributed by atoms with E-state index in [0.717, 1.165) is 5.56 Å². The first-order chi connectivity index (χ1) is 6.13. The smallest absolute Gasteiger partial charge is 0.250 e. The summed E-state index contributed by atoms with van der Waals surface area (Å²) in [5.41, 5.74) is 1.11. The molecule has 13 heavy (non-hydrogen) atoms. The zero-order valence-corrected chi connectivity index (χ0v) is 8.28. The third-order valence-corrected chi connectivity index (χ3v) is 1.99. The molecular weight excluding hydrogens is 166 g/mol. The van der Waals surface area contributed by atoms with Gasteiger partial charge in [-0.25, -0.2) is 0 Å². The van der Waals surface area contributed by atoms with E-state index in [1.165, 1.54) is 0 Å². The molecule has 0 aliphatic heterocycles. The van der Waals surface area contributed by atoms with Crippen LogP contribution in [0.25, 0.3) is 0 Å². The second kappa shape index (κ2) is 4.23. The predicted octanol–water partition coefficient (Wildman–Crippen LogP) is 1.19. The molecule has 0 fully saturated rings. The van der Waals surface area contributed by atoms with E-state index >= 15 is 0 Å². The highest BCUT2D eigenvalue weighted by Gasteiger charge is 2.02. The molecule has 0 bridgehead atoms. The average molecular weight is 181 g/mol. The van der Waals surface area contributed by atoms with E-state index in [0.29, 0.717) is 6.54 Å². The Labute approximate surface area is 78.0 Å². The van der Waals surface area contributed by atoms with E-state index in [2.05, 4.69) is 0 Å². The van der Waals surface area contributed by atoms with Crippen molar-refractivity contribution in [2.75, 3.05) is 7.11 Å². The lowest BCUT2D eigenvalue weighted by Gasteiger charge is -2.11. The first-order valence-corrected chi connectivity index (χ1v) is 4.33. The van der Waals surface area contributed by atoms with Crippen molar-refractivity contribution in [1.82, 2.24) is 4.57 Å². The van der Waals surface area contributed by atoms with Crippen LogP contribution >= 0.6 is 0 Å². The Morgan fingerprint density at radius 1 is 1.54 bits per heavy atom. The van der Waals surface area contributed by atoms with Crippen molar-refractivity contribution in [3.8, 4) is 0 Å². The Hall–Kier alpha value is -1.09. The zero-order chi connectivity index (χ0) is 9.84. The van der Waals surface area contributed by atoms with E-state index in [1.54, 1.807) is 17.7 Å². The van der Waals surface area contributed by atoms with Crippen LogP contribution in [0.3, 0.4) is 0 Å². The summed E-state index contributed by atoms with van der Waals surface area (Å²) in [4.78, 5) is 11.3. The molecular formula is C10H15NO2. The van der Waals surface area contributed by atoms with Crippen molar-refractivity contribution >= 4 is 0 Å². The van der Waals surface area contributed by atoms with Gasteiger partial charge in [0.1, 0.15) is 0 Å². The van der Waals surface area contributed by atoms with Crippen molar-refractivity contribution in [2.24, 2.45) is 0 Å². The third-order valence-electron chi connectivity index (χ3n) is 1.99. The van der Waals surface area contributed by atoms with Gasteiger partial charge >= 0.3 is 0 Å². The topological polar surface area (TPSA) is 31.2 Å². The van der Waals surface area contributed by atoms with Gasteiger partial charge in [0.15, 0.2) is 0 Å². The summed E-state index contributed by atoms with van der Waals surface area (Å²) >= 11 is 0. The lowest BCUT2D eigenvalue weighted by atomic mass is 10.3. The van der Waals surface area contributed by atoms with Gasteiger partial charge in [-0.1, -0.05) is 6.07 Å². The van der Waals surface area contributed by atoms with Gasteiger partial charge in [0.05, 0.1) is 12.6 Å². The fourth-order valence-corrected chi connectivity index (χ4v) is 1.15. The number of nitrogens with zero attached hydrogens (tertiary/aromatic N) is 1. The molecule has 0 amide bonds. The number of aryl methyl sites for hydroxylation is 1. The molecule has 0 aliphatic rings. The molecule has 1 aromatic heterocycles. The Balaban J connectivity index is 2.87. The fraction of sp³-hybridized carbons (Fsp3) is 0.500. The second-order valence-corrected chi connectivity index (χ2v) is 3.24. The Morgan fingerprint density at radius 2 is 2.23 bits per heavy atom. The average Bonchev–Trinajstić information content (AvgIpc) is 2.11. The first-order valence-electron chi connectivity index (χ1n) is 4.33. The molecule has 1 atom stereocenters. The first kappa shape index (κ1) is 9.99. The minimum atomic E-state index is 0.0227. The van der Waals surface area contributed by atoms with Gasteiger partial charge in [-0.3, -0.25) is 4.79 Å². The lowest BCUT2D eigenvalue weighted by molar-refractivity contribution is 0.102. The van der Waals surface area contributed by atoms with Crippen LogP contribution in [0.15, 0.2) is 23.1 Å². The van der Waals surface area contributed by atoms with E-state index < -0.39 is 0 Å². The molecule has 1 aromatic rings. The van der Waals surface area contributed by atoms with Gasteiger partial charge in [-0.15, -0.1) is 0 Å². The normalized spacial score (nSPS) is 12.8.